The maximum atomic E-state index is 12.2. The van der Waals surface area contributed by atoms with Crippen molar-refractivity contribution >= 4 is 21.3 Å². The van der Waals surface area contributed by atoms with Crippen LogP contribution in [0.3, 0.4) is 0 Å². The highest BCUT2D eigenvalue weighted by molar-refractivity contribution is 7.91. The van der Waals surface area contributed by atoms with Gasteiger partial charge in [0, 0.05) is 17.9 Å². The molecule has 2 atom stereocenters. The Morgan fingerprint density at radius 1 is 1.25 bits per heavy atom. The highest BCUT2D eigenvalue weighted by Gasteiger charge is 2.32. The van der Waals surface area contributed by atoms with Crippen LogP contribution in [0, 0.1) is 5.92 Å². The minimum absolute atomic E-state index is 0.113. The van der Waals surface area contributed by atoms with Crippen molar-refractivity contribution in [1.82, 2.24) is 0 Å². The van der Waals surface area contributed by atoms with Gasteiger partial charge in [0.25, 0.3) is 0 Å². The molecule has 1 aliphatic rings. The van der Waals surface area contributed by atoms with E-state index in [0.717, 1.165) is 18.5 Å². The Kier molecular flexibility index (Phi) is 4.81. The van der Waals surface area contributed by atoms with Crippen LogP contribution in [0.15, 0.2) is 30.3 Å². The molecule has 4 nitrogen and oxygen atoms in total. The first-order valence-corrected chi connectivity index (χ1v) is 8.93. The van der Waals surface area contributed by atoms with E-state index in [9.17, 15) is 13.2 Å². The van der Waals surface area contributed by atoms with Crippen LogP contribution in [0.1, 0.15) is 25.7 Å². The van der Waals surface area contributed by atoms with Gasteiger partial charge in [0.1, 0.15) is 9.84 Å². The Balaban J connectivity index is 1.89. The van der Waals surface area contributed by atoms with Crippen molar-refractivity contribution < 1.29 is 13.2 Å². The van der Waals surface area contributed by atoms with Crippen LogP contribution in [-0.4, -0.2) is 32.3 Å². The van der Waals surface area contributed by atoms with Gasteiger partial charge in [-0.2, -0.15) is 0 Å². The number of ketones is 1. The van der Waals surface area contributed by atoms with Crippen LogP contribution in [0.5, 0.6) is 0 Å². The van der Waals surface area contributed by atoms with Gasteiger partial charge in [0.15, 0.2) is 5.78 Å². The van der Waals surface area contributed by atoms with Gasteiger partial charge in [-0.1, -0.05) is 24.6 Å². The lowest BCUT2D eigenvalue weighted by Gasteiger charge is -2.27. The fourth-order valence-corrected chi connectivity index (χ4v) is 3.89. The molecule has 1 aromatic rings. The summed E-state index contributed by atoms with van der Waals surface area (Å²) in [6, 6.07) is 9.56. The quantitative estimate of drug-likeness (QED) is 0.905. The number of benzene rings is 1. The molecule has 0 radical (unpaired) electrons. The van der Waals surface area contributed by atoms with Gasteiger partial charge in [-0.15, -0.1) is 0 Å². The van der Waals surface area contributed by atoms with Crippen LogP contribution < -0.4 is 5.32 Å². The number of anilines is 1. The maximum absolute atomic E-state index is 12.2. The number of rotatable bonds is 5. The standard InChI is InChI=1S/C15H21NO3S/c1-20(18,19)14-9-5-6-12(10-14)15(17)11-16-13-7-3-2-4-8-13/h2-4,7-8,12,14,16H,5-6,9-11H2,1H3. The monoisotopic (exact) mass is 295 g/mol. The van der Waals surface area contributed by atoms with Crippen LogP contribution in [0.25, 0.3) is 0 Å². The molecule has 0 bridgehead atoms. The Hall–Kier alpha value is -1.36. The third-order valence-electron chi connectivity index (χ3n) is 3.93. The number of hydrogen-bond donors (Lipinski definition) is 1. The van der Waals surface area contributed by atoms with E-state index in [0.29, 0.717) is 12.8 Å². The zero-order valence-corrected chi connectivity index (χ0v) is 12.5. The highest BCUT2D eigenvalue weighted by Crippen LogP contribution is 2.29. The summed E-state index contributed by atoms with van der Waals surface area (Å²) in [6.45, 7) is 0.269. The lowest BCUT2D eigenvalue weighted by molar-refractivity contribution is -0.122. The molecule has 0 aromatic heterocycles. The molecule has 0 saturated heterocycles. The molecule has 0 spiro atoms. The van der Waals surface area contributed by atoms with Crippen LogP contribution in [-0.2, 0) is 14.6 Å². The Morgan fingerprint density at radius 3 is 2.60 bits per heavy atom. The molecule has 1 fully saturated rings. The summed E-state index contributed by atoms with van der Waals surface area (Å²) in [4.78, 5) is 12.2. The van der Waals surface area contributed by atoms with E-state index in [4.69, 9.17) is 0 Å². The molecule has 20 heavy (non-hydrogen) atoms. The lowest BCUT2D eigenvalue weighted by atomic mass is 9.86. The topological polar surface area (TPSA) is 63.2 Å². The van der Waals surface area contributed by atoms with E-state index < -0.39 is 9.84 Å². The first kappa shape index (κ1) is 15.0. The molecular weight excluding hydrogens is 274 g/mol. The fourth-order valence-electron chi connectivity index (χ4n) is 2.72. The second-order valence-electron chi connectivity index (χ2n) is 5.50. The number of nitrogens with one attached hydrogen (secondary N) is 1. The number of para-hydroxylation sites is 1. The molecule has 110 valence electrons. The van der Waals surface area contributed by atoms with E-state index in [1.54, 1.807) is 0 Å². The zero-order chi connectivity index (χ0) is 14.6. The van der Waals surface area contributed by atoms with Gasteiger partial charge in [-0.25, -0.2) is 8.42 Å². The molecule has 2 unspecified atom stereocenters. The lowest BCUT2D eigenvalue weighted by Crippen LogP contribution is -2.33. The third kappa shape index (κ3) is 4.07. The van der Waals surface area contributed by atoms with Crippen molar-refractivity contribution in [3.8, 4) is 0 Å². The Bertz CT molecular complexity index is 554. The second-order valence-corrected chi connectivity index (χ2v) is 7.83. The van der Waals surface area contributed by atoms with E-state index >= 15 is 0 Å². The fraction of sp³-hybridized carbons (Fsp3) is 0.533. The summed E-state index contributed by atoms with van der Waals surface area (Å²) in [7, 11) is -3.03. The van der Waals surface area contributed by atoms with Crippen LogP contribution >= 0.6 is 0 Å². The predicted octanol–water partition coefficient (Wildman–Crippen LogP) is 2.27. The normalized spacial score (nSPS) is 23.2. The summed E-state index contributed by atoms with van der Waals surface area (Å²) in [5.74, 6) is -0.0121. The Labute approximate surface area is 120 Å². The molecule has 1 aliphatic carbocycles. The van der Waals surface area contributed by atoms with Gasteiger partial charge in [0.2, 0.25) is 0 Å². The van der Waals surface area contributed by atoms with E-state index in [1.165, 1.54) is 6.26 Å². The third-order valence-corrected chi connectivity index (χ3v) is 5.57. The summed E-state index contributed by atoms with van der Waals surface area (Å²) in [6.07, 6.45) is 4.07. The maximum Gasteiger partial charge on any atom is 0.154 e. The molecule has 0 amide bonds. The summed E-state index contributed by atoms with van der Waals surface area (Å²) < 4.78 is 23.2. The summed E-state index contributed by atoms with van der Waals surface area (Å²) in [5, 5.41) is 2.75. The van der Waals surface area contributed by atoms with Crippen LogP contribution in [0.4, 0.5) is 5.69 Å². The molecule has 1 N–H and O–H groups in total. The van der Waals surface area contributed by atoms with E-state index in [-0.39, 0.29) is 23.5 Å². The number of Topliss-reactive ketones (excluding diaryl/α,β-unsaturated/α-hetero) is 1. The number of hydrogen-bond acceptors (Lipinski definition) is 4. The predicted molar refractivity (Wildman–Crippen MR) is 80.5 cm³/mol. The van der Waals surface area contributed by atoms with Crippen molar-refractivity contribution in [3.63, 3.8) is 0 Å². The summed E-state index contributed by atoms with van der Waals surface area (Å²) >= 11 is 0. The number of carbonyl (C=O) groups is 1. The molecule has 1 aromatic carbocycles. The number of sulfone groups is 1. The van der Waals surface area contributed by atoms with Gasteiger partial charge in [-0.05, 0) is 31.4 Å². The van der Waals surface area contributed by atoms with Gasteiger partial charge >= 0.3 is 0 Å². The zero-order valence-electron chi connectivity index (χ0n) is 11.7. The van der Waals surface area contributed by atoms with Crippen molar-refractivity contribution in [1.29, 1.82) is 0 Å². The average molecular weight is 295 g/mol. The SMILES string of the molecule is CS(=O)(=O)C1CCCC(C(=O)CNc2ccccc2)C1. The molecule has 1 saturated carbocycles. The van der Waals surface area contributed by atoms with Gasteiger partial charge in [0.05, 0.1) is 11.8 Å². The highest BCUT2D eigenvalue weighted by atomic mass is 32.2. The van der Waals surface area contributed by atoms with E-state index in [1.807, 2.05) is 30.3 Å². The molecule has 5 heteroatoms. The minimum atomic E-state index is -3.03. The molecule has 0 heterocycles. The first-order chi connectivity index (χ1) is 9.47. The molecule has 2 rings (SSSR count). The van der Waals surface area contributed by atoms with Crippen LogP contribution in [0.2, 0.25) is 0 Å². The largest absolute Gasteiger partial charge is 0.378 e. The van der Waals surface area contributed by atoms with Crippen molar-refractivity contribution in [2.24, 2.45) is 5.92 Å². The Morgan fingerprint density at radius 2 is 1.95 bits per heavy atom. The van der Waals surface area contributed by atoms with Crippen molar-refractivity contribution in [2.45, 2.75) is 30.9 Å². The molecular formula is C15H21NO3S. The summed E-state index contributed by atoms with van der Waals surface area (Å²) in [5.41, 5.74) is 0.913. The van der Waals surface area contributed by atoms with Gasteiger partial charge < -0.3 is 5.32 Å². The van der Waals surface area contributed by atoms with Crippen molar-refractivity contribution in [2.75, 3.05) is 18.1 Å². The van der Waals surface area contributed by atoms with E-state index in [2.05, 4.69) is 5.32 Å². The average Bonchev–Trinajstić information content (AvgIpc) is 2.45. The van der Waals surface area contributed by atoms with Crippen molar-refractivity contribution in [3.05, 3.63) is 30.3 Å². The first-order valence-electron chi connectivity index (χ1n) is 6.97. The minimum Gasteiger partial charge on any atom is -0.378 e. The number of carbonyl (C=O) groups excluding carboxylic acids is 1. The smallest absolute Gasteiger partial charge is 0.154 e. The molecule has 0 aliphatic heterocycles. The second kappa shape index (κ2) is 6.39. The van der Waals surface area contributed by atoms with Gasteiger partial charge in [-0.3, -0.25) is 4.79 Å².